The van der Waals surface area contributed by atoms with Gasteiger partial charge in [0.1, 0.15) is 10.8 Å². The summed E-state index contributed by atoms with van der Waals surface area (Å²) in [6, 6.07) is 5.31. The maximum Gasteiger partial charge on any atom is 0.228 e. The molecule has 0 saturated carbocycles. The van der Waals surface area contributed by atoms with Gasteiger partial charge in [0.05, 0.1) is 13.0 Å². The number of aryl methyl sites for hydroxylation is 1. The molecule has 132 valence electrons. The van der Waals surface area contributed by atoms with E-state index in [1.807, 2.05) is 0 Å². The number of methoxy groups -OCH3 is 1. The van der Waals surface area contributed by atoms with Gasteiger partial charge in [0, 0.05) is 25.1 Å². The van der Waals surface area contributed by atoms with Crippen molar-refractivity contribution in [3.63, 3.8) is 0 Å². The number of nitrogens with one attached hydrogen (secondary N) is 2. The molecule has 0 spiro atoms. The fraction of sp³-hybridized carbons (Fsp3) is 0.375. The van der Waals surface area contributed by atoms with Crippen LogP contribution < -0.4 is 21.1 Å². The SMILES string of the molecule is COc1ccc2c(c1)[C@@H](C(=O)NCCCc1nnc(N)s1)CC(=O)N2. The molecule has 2 amide bonds. The lowest BCUT2D eigenvalue weighted by Gasteiger charge is -2.25. The maximum atomic E-state index is 12.5. The van der Waals surface area contributed by atoms with Crippen molar-refractivity contribution in [2.75, 3.05) is 24.7 Å². The highest BCUT2D eigenvalue weighted by molar-refractivity contribution is 7.15. The van der Waals surface area contributed by atoms with Gasteiger partial charge in [-0.25, -0.2) is 0 Å². The van der Waals surface area contributed by atoms with Gasteiger partial charge in [0.15, 0.2) is 0 Å². The summed E-state index contributed by atoms with van der Waals surface area (Å²) in [5.74, 6) is -0.194. The maximum absolute atomic E-state index is 12.5. The van der Waals surface area contributed by atoms with Gasteiger partial charge in [-0.2, -0.15) is 0 Å². The molecule has 1 aliphatic heterocycles. The Balaban J connectivity index is 1.61. The number of amides is 2. The zero-order chi connectivity index (χ0) is 17.8. The van der Waals surface area contributed by atoms with E-state index in [0.29, 0.717) is 29.5 Å². The highest BCUT2D eigenvalue weighted by Crippen LogP contribution is 2.35. The smallest absolute Gasteiger partial charge is 0.228 e. The Bertz CT molecular complexity index is 792. The van der Waals surface area contributed by atoms with Gasteiger partial charge in [-0.3, -0.25) is 9.59 Å². The van der Waals surface area contributed by atoms with E-state index >= 15 is 0 Å². The predicted octanol–water partition coefficient (Wildman–Crippen LogP) is 1.30. The first-order valence-corrected chi connectivity index (χ1v) is 8.72. The van der Waals surface area contributed by atoms with E-state index in [1.54, 1.807) is 25.3 Å². The number of nitrogen functional groups attached to an aromatic ring is 1. The van der Waals surface area contributed by atoms with Crippen LogP contribution in [0.5, 0.6) is 5.75 Å². The average molecular weight is 361 g/mol. The molecule has 25 heavy (non-hydrogen) atoms. The van der Waals surface area contributed by atoms with Gasteiger partial charge < -0.3 is 21.1 Å². The topological polar surface area (TPSA) is 119 Å². The fourth-order valence-electron chi connectivity index (χ4n) is 2.74. The Morgan fingerprint density at radius 1 is 1.48 bits per heavy atom. The van der Waals surface area contributed by atoms with Crippen LogP contribution in [-0.2, 0) is 16.0 Å². The molecule has 3 rings (SSSR count). The third kappa shape index (κ3) is 4.05. The molecule has 0 radical (unpaired) electrons. The molecule has 0 aliphatic carbocycles. The zero-order valence-corrected chi connectivity index (χ0v) is 14.6. The number of nitrogens with two attached hydrogens (primary N) is 1. The largest absolute Gasteiger partial charge is 0.497 e. The minimum atomic E-state index is -0.518. The lowest BCUT2D eigenvalue weighted by molar-refractivity contribution is -0.126. The van der Waals surface area contributed by atoms with Crippen molar-refractivity contribution >= 4 is 34.0 Å². The summed E-state index contributed by atoms with van der Waals surface area (Å²) in [5.41, 5.74) is 6.96. The summed E-state index contributed by atoms with van der Waals surface area (Å²) < 4.78 is 5.22. The van der Waals surface area contributed by atoms with E-state index in [9.17, 15) is 9.59 Å². The molecule has 9 heteroatoms. The molecule has 1 aliphatic rings. The van der Waals surface area contributed by atoms with Crippen molar-refractivity contribution in [3.05, 3.63) is 28.8 Å². The normalized spacial score (nSPS) is 16.0. The Labute approximate surface area is 148 Å². The van der Waals surface area contributed by atoms with E-state index in [1.165, 1.54) is 11.3 Å². The molecule has 8 nitrogen and oxygen atoms in total. The molecule has 0 bridgehead atoms. The Hall–Kier alpha value is -2.68. The van der Waals surface area contributed by atoms with Gasteiger partial charge in [-0.1, -0.05) is 11.3 Å². The highest BCUT2D eigenvalue weighted by Gasteiger charge is 2.30. The van der Waals surface area contributed by atoms with E-state index < -0.39 is 5.92 Å². The summed E-state index contributed by atoms with van der Waals surface area (Å²) in [6.45, 7) is 0.496. The molecule has 0 fully saturated rings. The quantitative estimate of drug-likeness (QED) is 0.667. The van der Waals surface area contributed by atoms with E-state index in [4.69, 9.17) is 10.5 Å². The van der Waals surface area contributed by atoms with Crippen molar-refractivity contribution in [2.45, 2.75) is 25.2 Å². The van der Waals surface area contributed by atoms with Crippen LogP contribution in [0.15, 0.2) is 18.2 Å². The molecule has 1 atom stereocenters. The molecular weight excluding hydrogens is 342 g/mol. The monoisotopic (exact) mass is 361 g/mol. The Kier molecular flexibility index (Phi) is 5.13. The third-order valence-corrected chi connectivity index (χ3v) is 4.78. The number of nitrogens with zero attached hydrogens (tertiary/aromatic N) is 2. The number of hydrogen-bond acceptors (Lipinski definition) is 7. The first kappa shape index (κ1) is 17.2. The van der Waals surface area contributed by atoms with Crippen molar-refractivity contribution in [1.29, 1.82) is 0 Å². The summed E-state index contributed by atoms with van der Waals surface area (Å²) in [4.78, 5) is 24.4. The fourth-order valence-corrected chi connectivity index (χ4v) is 3.39. The summed E-state index contributed by atoms with van der Waals surface area (Å²) in [6.07, 6.45) is 1.55. The number of aromatic nitrogens is 2. The summed E-state index contributed by atoms with van der Waals surface area (Å²) in [7, 11) is 1.57. The molecular formula is C16H19N5O3S. The standard InChI is InChI=1S/C16H19N5O3S/c1-24-9-4-5-12-10(7-9)11(8-13(22)19-12)15(23)18-6-2-3-14-20-21-16(17)25-14/h4-5,7,11H,2-3,6,8H2,1H3,(H2,17,21)(H,18,23)(H,19,22)/t11-/m0/s1. The van der Waals surface area contributed by atoms with Crippen LogP contribution in [0.4, 0.5) is 10.8 Å². The number of carbonyl (C=O) groups excluding carboxylic acids is 2. The number of ether oxygens (including phenoxy) is 1. The van der Waals surface area contributed by atoms with Crippen LogP contribution >= 0.6 is 11.3 Å². The van der Waals surface area contributed by atoms with Crippen molar-refractivity contribution in [1.82, 2.24) is 15.5 Å². The van der Waals surface area contributed by atoms with Crippen LogP contribution in [0.2, 0.25) is 0 Å². The van der Waals surface area contributed by atoms with Gasteiger partial charge in [-0.05, 0) is 30.2 Å². The number of hydrogen-bond donors (Lipinski definition) is 3. The number of benzene rings is 1. The minimum absolute atomic E-state index is 0.124. The number of carbonyl (C=O) groups is 2. The van der Waals surface area contributed by atoms with Crippen LogP contribution in [0.25, 0.3) is 0 Å². The zero-order valence-electron chi connectivity index (χ0n) is 13.7. The lowest BCUT2D eigenvalue weighted by atomic mass is 9.89. The van der Waals surface area contributed by atoms with Crippen LogP contribution in [0, 0.1) is 0 Å². The second-order valence-corrected chi connectivity index (χ2v) is 6.78. The number of anilines is 2. The molecule has 2 heterocycles. The van der Waals surface area contributed by atoms with Gasteiger partial charge in [0.25, 0.3) is 0 Å². The molecule has 0 unspecified atom stereocenters. The number of fused-ring (bicyclic) bond motifs is 1. The average Bonchev–Trinajstić information content (AvgIpc) is 3.02. The minimum Gasteiger partial charge on any atom is -0.497 e. The molecule has 1 aromatic carbocycles. The van der Waals surface area contributed by atoms with Crippen LogP contribution in [0.1, 0.15) is 29.3 Å². The highest BCUT2D eigenvalue weighted by atomic mass is 32.1. The number of rotatable bonds is 6. The molecule has 0 saturated heterocycles. The van der Waals surface area contributed by atoms with E-state index in [2.05, 4.69) is 20.8 Å². The molecule has 2 aromatic rings. The summed E-state index contributed by atoms with van der Waals surface area (Å²) in [5, 5.41) is 14.7. The lowest BCUT2D eigenvalue weighted by Crippen LogP contribution is -2.35. The Morgan fingerprint density at radius 2 is 2.32 bits per heavy atom. The predicted molar refractivity (Wildman–Crippen MR) is 94.6 cm³/mol. The van der Waals surface area contributed by atoms with E-state index in [-0.39, 0.29) is 18.2 Å². The Morgan fingerprint density at radius 3 is 3.04 bits per heavy atom. The summed E-state index contributed by atoms with van der Waals surface area (Å²) >= 11 is 1.35. The van der Waals surface area contributed by atoms with Crippen molar-refractivity contribution < 1.29 is 14.3 Å². The second-order valence-electron chi connectivity index (χ2n) is 5.69. The van der Waals surface area contributed by atoms with Crippen LogP contribution in [-0.4, -0.2) is 35.7 Å². The van der Waals surface area contributed by atoms with E-state index in [0.717, 1.165) is 17.0 Å². The van der Waals surface area contributed by atoms with Gasteiger partial charge in [-0.15, -0.1) is 10.2 Å². The molecule has 1 aromatic heterocycles. The van der Waals surface area contributed by atoms with Gasteiger partial charge in [0.2, 0.25) is 16.9 Å². The van der Waals surface area contributed by atoms with Crippen LogP contribution in [0.3, 0.4) is 0 Å². The first-order valence-electron chi connectivity index (χ1n) is 7.90. The molecule has 4 N–H and O–H groups in total. The van der Waals surface area contributed by atoms with Crippen molar-refractivity contribution in [3.8, 4) is 5.75 Å². The van der Waals surface area contributed by atoms with Gasteiger partial charge >= 0.3 is 0 Å². The second kappa shape index (κ2) is 7.47. The van der Waals surface area contributed by atoms with Crippen molar-refractivity contribution in [2.24, 2.45) is 0 Å². The third-order valence-electron chi connectivity index (χ3n) is 3.96. The first-order chi connectivity index (χ1) is 12.1.